The molecule has 0 atom stereocenters. The van der Waals surface area contributed by atoms with Gasteiger partial charge in [-0.1, -0.05) is 18.2 Å². The van der Waals surface area contributed by atoms with Crippen molar-refractivity contribution < 1.29 is 14.3 Å². The predicted molar refractivity (Wildman–Crippen MR) is 96.8 cm³/mol. The summed E-state index contributed by atoms with van der Waals surface area (Å²) >= 11 is 0. The Bertz CT molecular complexity index is 921. The summed E-state index contributed by atoms with van der Waals surface area (Å²) in [5.41, 5.74) is 4.36. The highest BCUT2D eigenvalue weighted by molar-refractivity contribution is 6.04. The van der Waals surface area contributed by atoms with Gasteiger partial charge in [0.05, 0.1) is 6.61 Å². The lowest BCUT2D eigenvalue weighted by Crippen LogP contribution is -2.63. The van der Waals surface area contributed by atoms with E-state index in [4.69, 9.17) is 4.74 Å². The van der Waals surface area contributed by atoms with Crippen LogP contribution in [0.2, 0.25) is 0 Å². The van der Waals surface area contributed by atoms with Crippen LogP contribution in [0.4, 0.5) is 0 Å². The van der Waals surface area contributed by atoms with E-state index in [1.807, 2.05) is 30.0 Å². The highest BCUT2D eigenvalue weighted by Crippen LogP contribution is 2.41. The van der Waals surface area contributed by atoms with E-state index in [2.05, 4.69) is 11.1 Å². The Kier molecular flexibility index (Phi) is 3.30. The van der Waals surface area contributed by atoms with E-state index in [0.717, 1.165) is 41.8 Å². The number of ether oxygens (including phenoxy) is 1. The second-order valence-electron chi connectivity index (χ2n) is 7.99. The Morgan fingerprint density at radius 1 is 1.23 bits per heavy atom. The second-order valence-corrected chi connectivity index (χ2v) is 7.99. The van der Waals surface area contributed by atoms with Gasteiger partial charge in [-0.05, 0) is 43.4 Å². The Labute approximate surface area is 152 Å². The fraction of sp³-hybridized carbons (Fsp3) is 0.429. The number of amides is 1. The minimum Gasteiger partial charge on any atom is -0.493 e. The van der Waals surface area contributed by atoms with Crippen LogP contribution in [0, 0.1) is 12.3 Å². The van der Waals surface area contributed by atoms with Crippen molar-refractivity contribution >= 4 is 11.7 Å². The maximum atomic E-state index is 13.0. The predicted octanol–water partition coefficient (Wildman–Crippen LogP) is 2.92. The molecule has 5 nitrogen and oxygen atoms in total. The molecule has 1 aliphatic carbocycles. The fourth-order valence-corrected chi connectivity index (χ4v) is 4.73. The first-order chi connectivity index (χ1) is 12.6. The van der Waals surface area contributed by atoms with Gasteiger partial charge < -0.3 is 14.6 Å². The molecule has 1 fully saturated rings. The lowest BCUT2D eigenvalue weighted by molar-refractivity contribution is -0.0293. The molecular formula is C21H22N2O3. The topological polar surface area (TPSA) is 62.4 Å². The van der Waals surface area contributed by atoms with Crippen molar-refractivity contribution in [3.05, 3.63) is 52.3 Å². The Morgan fingerprint density at radius 2 is 2.04 bits per heavy atom. The molecule has 0 bridgehead atoms. The number of H-pyrrole nitrogens is 1. The van der Waals surface area contributed by atoms with Gasteiger partial charge in [-0.25, -0.2) is 0 Å². The third-order valence-corrected chi connectivity index (χ3v) is 6.06. The van der Waals surface area contributed by atoms with Gasteiger partial charge in [0.25, 0.3) is 5.91 Å². The number of aromatic amines is 1. The number of benzene rings is 1. The van der Waals surface area contributed by atoms with Gasteiger partial charge in [0.15, 0.2) is 5.78 Å². The van der Waals surface area contributed by atoms with Gasteiger partial charge in [0, 0.05) is 36.2 Å². The van der Waals surface area contributed by atoms with Crippen molar-refractivity contribution in [2.75, 3.05) is 19.7 Å². The molecular weight excluding hydrogens is 328 g/mol. The average molecular weight is 350 g/mol. The van der Waals surface area contributed by atoms with Crippen molar-refractivity contribution in [2.24, 2.45) is 5.41 Å². The van der Waals surface area contributed by atoms with Crippen LogP contribution >= 0.6 is 0 Å². The van der Waals surface area contributed by atoms with Gasteiger partial charge in [-0.3, -0.25) is 9.59 Å². The zero-order valence-electron chi connectivity index (χ0n) is 14.9. The van der Waals surface area contributed by atoms with E-state index in [-0.39, 0.29) is 17.1 Å². The third-order valence-electron chi connectivity index (χ3n) is 6.06. The first-order valence-corrected chi connectivity index (χ1v) is 9.31. The molecule has 0 saturated carbocycles. The number of hydrogen-bond acceptors (Lipinski definition) is 3. The van der Waals surface area contributed by atoms with Crippen LogP contribution in [-0.2, 0) is 12.8 Å². The second kappa shape index (κ2) is 5.47. The van der Waals surface area contributed by atoms with E-state index in [1.165, 1.54) is 5.56 Å². The van der Waals surface area contributed by atoms with Gasteiger partial charge in [0.1, 0.15) is 11.4 Å². The maximum absolute atomic E-state index is 13.0. The molecule has 26 heavy (non-hydrogen) atoms. The standard InChI is InChI=1S/C21H22N2O3/c1-13-18-15(6-4-7-16(18)24)22-19(13)20(25)23-10-21(11-23)9-14-5-2-3-8-17(14)26-12-21/h2-3,5,8,22H,4,6-7,9-12H2,1H3. The summed E-state index contributed by atoms with van der Waals surface area (Å²) < 4.78 is 5.93. The van der Waals surface area contributed by atoms with Gasteiger partial charge in [-0.15, -0.1) is 0 Å². The number of aryl methyl sites for hydroxylation is 1. The quantitative estimate of drug-likeness (QED) is 0.860. The van der Waals surface area contributed by atoms with E-state index in [0.29, 0.717) is 31.8 Å². The molecule has 1 spiro atoms. The van der Waals surface area contributed by atoms with E-state index in [1.54, 1.807) is 0 Å². The smallest absolute Gasteiger partial charge is 0.270 e. The molecule has 3 aliphatic rings. The molecule has 0 unspecified atom stereocenters. The summed E-state index contributed by atoms with van der Waals surface area (Å²) in [7, 11) is 0. The Morgan fingerprint density at radius 3 is 2.85 bits per heavy atom. The zero-order chi connectivity index (χ0) is 17.9. The molecule has 1 aromatic carbocycles. The Hall–Kier alpha value is -2.56. The lowest BCUT2D eigenvalue weighted by Gasteiger charge is -2.51. The molecule has 134 valence electrons. The number of Topliss-reactive ketones (excluding diaryl/α,β-unsaturated/α-hetero) is 1. The number of nitrogens with zero attached hydrogens (tertiary/aromatic N) is 1. The maximum Gasteiger partial charge on any atom is 0.270 e. The average Bonchev–Trinajstić information content (AvgIpc) is 2.96. The number of nitrogens with one attached hydrogen (secondary N) is 1. The number of fused-ring (bicyclic) bond motifs is 2. The lowest BCUT2D eigenvalue weighted by atomic mass is 9.74. The molecule has 0 radical (unpaired) electrons. The van der Waals surface area contributed by atoms with Gasteiger partial charge in [0.2, 0.25) is 0 Å². The third kappa shape index (κ3) is 2.23. The first-order valence-electron chi connectivity index (χ1n) is 9.31. The summed E-state index contributed by atoms with van der Waals surface area (Å²) in [5, 5.41) is 0. The summed E-state index contributed by atoms with van der Waals surface area (Å²) in [6.07, 6.45) is 3.25. The highest BCUT2D eigenvalue weighted by Gasteiger charge is 2.48. The molecule has 1 saturated heterocycles. The van der Waals surface area contributed by atoms with Crippen LogP contribution in [0.3, 0.4) is 0 Å². The fourth-order valence-electron chi connectivity index (χ4n) is 4.73. The number of rotatable bonds is 1. The number of likely N-dealkylation sites (tertiary alicyclic amines) is 1. The van der Waals surface area contributed by atoms with Crippen LogP contribution < -0.4 is 4.74 Å². The summed E-state index contributed by atoms with van der Waals surface area (Å²) in [6, 6.07) is 8.14. The number of carbonyl (C=O) groups is 2. The van der Waals surface area contributed by atoms with Crippen LogP contribution in [0.15, 0.2) is 24.3 Å². The number of hydrogen-bond donors (Lipinski definition) is 1. The minimum absolute atomic E-state index is 0.00850. The van der Waals surface area contributed by atoms with Gasteiger partial charge in [-0.2, -0.15) is 0 Å². The SMILES string of the molecule is Cc1c(C(=O)N2CC3(COc4ccccc4C3)C2)[nH]c2c1C(=O)CCC2. The molecule has 3 heterocycles. The van der Waals surface area contributed by atoms with Crippen molar-refractivity contribution in [1.82, 2.24) is 9.88 Å². The summed E-state index contributed by atoms with van der Waals surface area (Å²) in [5.74, 6) is 1.14. The first kappa shape index (κ1) is 15.7. The molecule has 2 aromatic rings. The largest absolute Gasteiger partial charge is 0.493 e. The van der Waals surface area contributed by atoms with Gasteiger partial charge >= 0.3 is 0 Å². The van der Waals surface area contributed by atoms with Crippen LogP contribution in [0.1, 0.15) is 50.5 Å². The monoisotopic (exact) mass is 350 g/mol. The highest BCUT2D eigenvalue weighted by atomic mass is 16.5. The Balaban J connectivity index is 1.35. The molecule has 2 aliphatic heterocycles. The summed E-state index contributed by atoms with van der Waals surface area (Å²) in [4.78, 5) is 30.3. The number of para-hydroxylation sites is 1. The van der Waals surface area contributed by atoms with Crippen molar-refractivity contribution in [3.63, 3.8) is 0 Å². The number of carbonyl (C=O) groups excluding carboxylic acids is 2. The number of aromatic nitrogens is 1. The molecule has 5 heteroatoms. The van der Waals surface area contributed by atoms with Crippen LogP contribution in [0.25, 0.3) is 0 Å². The van der Waals surface area contributed by atoms with Crippen LogP contribution in [-0.4, -0.2) is 41.3 Å². The zero-order valence-corrected chi connectivity index (χ0v) is 14.9. The van der Waals surface area contributed by atoms with Crippen molar-refractivity contribution in [2.45, 2.75) is 32.6 Å². The molecule has 5 rings (SSSR count). The minimum atomic E-state index is 0.00850. The van der Waals surface area contributed by atoms with Crippen LogP contribution in [0.5, 0.6) is 5.75 Å². The van der Waals surface area contributed by atoms with E-state index in [9.17, 15) is 9.59 Å². The van der Waals surface area contributed by atoms with Crippen molar-refractivity contribution in [1.29, 1.82) is 0 Å². The number of ketones is 1. The molecule has 1 aromatic heterocycles. The normalized spacial score (nSPS) is 20.2. The van der Waals surface area contributed by atoms with Crippen molar-refractivity contribution in [3.8, 4) is 5.75 Å². The van der Waals surface area contributed by atoms with E-state index < -0.39 is 0 Å². The summed E-state index contributed by atoms with van der Waals surface area (Å²) in [6.45, 7) is 3.96. The molecule has 1 N–H and O–H groups in total. The molecule has 1 amide bonds. The van der Waals surface area contributed by atoms with E-state index >= 15 is 0 Å².